The first kappa shape index (κ1) is 13.0. The molecule has 0 amide bonds. The molecule has 1 aliphatic carbocycles. The molecule has 0 aromatic carbocycles. The van der Waals surface area contributed by atoms with Gasteiger partial charge in [-0.3, -0.25) is 0 Å². The molecule has 0 nitrogen and oxygen atoms in total. The maximum Gasteiger partial charge on any atom is 0.0511 e. The minimum Gasteiger partial charge on any atom is -0.120 e. The lowest BCUT2D eigenvalue weighted by atomic mass is 9.96. The Morgan fingerprint density at radius 3 is 2.29 bits per heavy atom. The molecule has 1 radical (unpaired) electrons. The van der Waals surface area contributed by atoms with Gasteiger partial charge in [0.1, 0.15) is 0 Å². The van der Waals surface area contributed by atoms with Crippen LogP contribution in [0.2, 0.25) is 0 Å². The molecule has 0 saturated heterocycles. The van der Waals surface area contributed by atoms with Gasteiger partial charge in [0.2, 0.25) is 0 Å². The van der Waals surface area contributed by atoms with Crippen LogP contribution in [-0.2, 0) is 0 Å². The minimum atomic E-state index is 1.25. The standard InChI is InChI=1S/C16H23S/c1-4-7-12-10-13-11-17-15(9-6-3)16(13)14(12)8-5-2/h10-11H,4-9H2,1-3H3. The van der Waals surface area contributed by atoms with Crippen LogP contribution < -0.4 is 0 Å². The summed E-state index contributed by atoms with van der Waals surface area (Å²) in [5.74, 6) is 2.36. The summed E-state index contributed by atoms with van der Waals surface area (Å²) in [6, 6.07) is 0. The Labute approximate surface area is 110 Å². The Balaban J connectivity index is 2.33. The molecule has 0 unspecified atom stereocenters. The lowest BCUT2D eigenvalue weighted by molar-refractivity contribution is 0.866. The quantitative estimate of drug-likeness (QED) is 0.573. The first-order valence-electron chi connectivity index (χ1n) is 6.99. The molecule has 0 aromatic heterocycles. The maximum atomic E-state index is 2.44. The molecule has 2 rings (SSSR count). The van der Waals surface area contributed by atoms with Crippen molar-refractivity contribution >= 4 is 11.8 Å². The predicted octanol–water partition coefficient (Wildman–Crippen LogP) is 5.79. The molecular weight excluding hydrogens is 224 g/mol. The van der Waals surface area contributed by atoms with Gasteiger partial charge in [-0.25, -0.2) is 0 Å². The van der Waals surface area contributed by atoms with Gasteiger partial charge in [-0.05, 0) is 46.5 Å². The summed E-state index contributed by atoms with van der Waals surface area (Å²) in [4.78, 5) is 1.62. The van der Waals surface area contributed by atoms with Crippen molar-refractivity contribution in [3.05, 3.63) is 39.0 Å². The van der Waals surface area contributed by atoms with E-state index in [-0.39, 0.29) is 0 Å². The van der Waals surface area contributed by atoms with E-state index in [1.807, 2.05) is 11.8 Å². The summed E-state index contributed by atoms with van der Waals surface area (Å²) in [7, 11) is 0. The van der Waals surface area contributed by atoms with Crippen molar-refractivity contribution in [2.75, 3.05) is 0 Å². The van der Waals surface area contributed by atoms with E-state index in [0.29, 0.717) is 0 Å². The smallest absolute Gasteiger partial charge is 0.0511 e. The Hall–Kier alpha value is -0.430. The van der Waals surface area contributed by atoms with E-state index in [1.54, 1.807) is 21.6 Å². The zero-order chi connectivity index (χ0) is 12.3. The van der Waals surface area contributed by atoms with E-state index < -0.39 is 0 Å². The highest BCUT2D eigenvalue weighted by atomic mass is 32.2. The van der Waals surface area contributed by atoms with Crippen LogP contribution >= 0.6 is 11.8 Å². The molecule has 0 spiro atoms. The largest absolute Gasteiger partial charge is 0.120 e. The molecule has 1 aliphatic heterocycles. The van der Waals surface area contributed by atoms with E-state index in [9.17, 15) is 0 Å². The third-order valence-electron chi connectivity index (χ3n) is 3.41. The molecule has 2 aliphatic rings. The summed E-state index contributed by atoms with van der Waals surface area (Å²) >= 11 is 1.96. The molecule has 17 heavy (non-hydrogen) atoms. The van der Waals surface area contributed by atoms with Gasteiger partial charge in [-0.15, -0.1) is 11.8 Å². The van der Waals surface area contributed by atoms with Crippen molar-refractivity contribution in [1.82, 2.24) is 0 Å². The van der Waals surface area contributed by atoms with Gasteiger partial charge >= 0.3 is 0 Å². The van der Waals surface area contributed by atoms with E-state index in [4.69, 9.17) is 0 Å². The van der Waals surface area contributed by atoms with E-state index in [2.05, 4.69) is 32.6 Å². The van der Waals surface area contributed by atoms with Crippen molar-refractivity contribution < 1.29 is 0 Å². The van der Waals surface area contributed by atoms with Crippen LogP contribution in [-0.4, -0.2) is 0 Å². The monoisotopic (exact) mass is 247 g/mol. The van der Waals surface area contributed by atoms with Crippen LogP contribution in [0.25, 0.3) is 0 Å². The second-order valence-electron chi connectivity index (χ2n) is 4.89. The molecule has 0 atom stereocenters. The fourth-order valence-electron chi connectivity index (χ4n) is 2.74. The van der Waals surface area contributed by atoms with Crippen molar-refractivity contribution in [2.24, 2.45) is 0 Å². The fourth-order valence-corrected chi connectivity index (χ4v) is 3.87. The first-order chi connectivity index (χ1) is 8.31. The Bertz CT molecular complexity index is 382. The molecule has 0 bridgehead atoms. The van der Waals surface area contributed by atoms with Gasteiger partial charge in [0, 0.05) is 0 Å². The summed E-state index contributed by atoms with van der Waals surface area (Å²) in [6.45, 7) is 6.85. The summed E-state index contributed by atoms with van der Waals surface area (Å²) < 4.78 is 0. The number of thioether (sulfide) groups is 1. The SMILES string of the molecule is CCCC1=C(CCC)C2=C(CCC)S[CH]C2=C1. The van der Waals surface area contributed by atoms with Gasteiger partial charge in [0.05, 0.1) is 5.75 Å². The van der Waals surface area contributed by atoms with E-state index >= 15 is 0 Å². The summed E-state index contributed by atoms with van der Waals surface area (Å²) in [5, 5.41) is 0. The van der Waals surface area contributed by atoms with Crippen LogP contribution in [0.15, 0.2) is 33.3 Å². The van der Waals surface area contributed by atoms with Crippen molar-refractivity contribution in [1.29, 1.82) is 0 Å². The van der Waals surface area contributed by atoms with Crippen LogP contribution in [0.5, 0.6) is 0 Å². The molecular formula is C16H23S. The lowest BCUT2D eigenvalue weighted by Gasteiger charge is -2.10. The Morgan fingerprint density at radius 1 is 0.941 bits per heavy atom. The molecule has 93 valence electrons. The number of hydrogen-bond donors (Lipinski definition) is 0. The minimum absolute atomic E-state index is 1.25. The molecule has 1 heterocycles. The topological polar surface area (TPSA) is 0 Å². The predicted molar refractivity (Wildman–Crippen MR) is 78.8 cm³/mol. The highest BCUT2D eigenvalue weighted by Crippen LogP contribution is 2.50. The number of allylic oxidation sites excluding steroid dienone is 5. The van der Waals surface area contributed by atoms with Gasteiger partial charge in [0.15, 0.2) is 0 Å². The number of rotatable bonds is 6. The van der Waals surface area contributed by atoms with Crippen LogP contribution in [0.4, 0.5) is 0 Å². The van der Waals surface area contributed by atoms with Crippen molar-refractivity contribution in [3.8, 4) is 0 Å². The van der Waals surface area contributed by atoms with Crippen LogP contribution in [0.1, 0.15) is 59.3 Å². The summed E-state index contributed by atoms with van der Waals surface area (Å²) in [5.41, 5.74) is 6.39. The van der Waals surface area contributed by atoms with Gasteiger partial charge < -0.3 is 0 Å². The van der Waals surface area contributed by atoms with Crippen LogP contribution in [0, 0.1) is 5.75 Å². The highest BCUT2D eigenvalue weighted by molar-refractivity contribution is 8.05. The number of hydrogen-bond acceptors (Lipinski definition) is 1. The van der Waals surface area contributed by atoms with Crippen molar-refractivity contribution in [2.45, 2.75) is 59.3 Å². The fraction of sp³-hybridized carbons (Fsp3) is 0.562. The Morgan fingerprint density at radius 2 is 1.65 bits per heavy atom. The highest BCUT2D eigenvalue weighted by Gasteiger charge is 2.28. The second-order valence-corrected chi connectivity index (χ2v) is 5.85. The third-order valence-corrected chi connectivity index (χ3v) is 4.48. The van der Waals surface area contributed by atoms with Crippen LogP contribution in [0.3, 0.4) is 0 Å². The molecule has 0 N–H and O–H groups in total. The zero-order valence-electron chi connectivity index (χ0n) is 11.3. The second kappa shape index (κ2) is 5.95. The Kier molecular flexibility index (Phi) is 4.55. The van der Waals surface area contributed by atoms with Crippen molar-refractivity contribution in [3.63, 3.8) is 0 Å². The molecule has 0 aromatic rings. The zero-order valence-corrected chi connectivity index (χ0v) is 12.1. The molecule has 0 saturated carbocycles. The van der Waals surface area contributed by atoms with Gasteiger partial charge in [-0.2, -0.15) is 0 Å². The number of fused-ring (bicyclic) bond motifs is 1. The third kappa shape index (κ3) is 2.54. The molecule has 1 heteroatoms. The summed E-state index contributed by atoms with van der Waals surface area (Å²) in [6.07, 6.45) is 9.98. The van der Waals surface area contributed by atoms with Gasteiger partial charge in [-0.1, -0.05) is 46.1 Å². The van der Waals surface area contributed by atoms with Gasteiger partial charge in [0.25, 0.3) is 0 Å². The normalized spacial score (nSPS) is 19.1. The average Bonchev–Trinajstić information content (AvgIpc) is 2.83. The maximum absolute atomic E-state index is 2.44. The molecule has 0 fully saturated rings. The van der Waals surface area contributed by atoms with E-state index in [1.165, 1.54) is 44.1 Å². The van der Waals surface area contributed by atoms with E-state index in [0.717, 1.165) is 0 Å². The first-order valence-corrected chi connectivity index (χ1v) is 7.87. The average molecular weight is 247 g/mol. The lowest BCUT2D eigenvalue weighted by Crippen LogP contribution is -1.91.